The van der Waals surface area contributed by atoms with Crippen molar-refractivity contribution in [1.29, 1.82) is 0 Å². The van der Waals surface area contributed by atoms with E-state index in [-0.39, 0.29) is 25.9 Å². The highest BCUT2D eigenvalue weighted by Crippen LogP contribution is 2.26. The number of carbonyl (C=O) groups excluding carboxylic acids is 3. The van der Waals surface area contributed by atoms with Gasteiger partial charge in [-0.1, -0.05) is 227 Å². The summed E-state index contributed by atoms with van der Waals surface area (Å²) in [6, 6.07) is 0. The molecule has 3 N–H and O–H groups in total. The van der Waals surface area contributed by atoms with Gasteiger partial charge in [0.1, 0.15) is 18.8 Å². The van der Waals surface area contributed by atoms with Gasteiger partial charge in [0, 0.05) is 19.3 Å². The van der Waals surface area contributed by atoms with Crippen LogP contribution in [0.2, 0.25) is 0 Å². The Morgan fingerprint density at radius 1 is 0.430 bits per heavy atom. The Kier molecular flexibility index (Phi) is 49.9. The van der Waals surface area contributed by atoms with E-state index in [1.54, 1.807) is 0 Å². The van der Waals surface area contributed by atoms with Crippen LogP contribution in [0.5, 0.6) is 0 Å². The number of unbranched alkanes of at least 4 members (excludes halogenated alkanes) is 22. The van der Waals surface area contributed by atoms with E-state index in [4.69, 9.17) is 23.7 Å². The average molecular weight is 1110 g/mol. The summed E-state index contributed by atoms with van der Waals surface area (Å²) in [6.07, 6.45) is 59.6. The summed E-state index contributed by atoms with van der Waals surface area (Å²) in [6.45, 7) is 5.71. The van der Waals surface area contributed by atoms with E-state index in [9.17, 15) is 34.5 Å². The smallest absolute Gasteiger partial charge is 0.335 e. The number of carboxylic acids is 1. The van der Waals surface area contributed by atoms with Crippen molar-refractivity contribution in [2.45, 2.75) is 289 Å². The molecule has 6 unspecified atom stereocenters. The van der Waals surface area contributed by atoms with Gasteiger partial charge in [-0.05, 0) is 103 Å². The second-order valence-electron chi connectivity index (χ2n) is 20.9. The number of allylic oxidation sites excluding steroid dienone is 16. The van der Waals surface area contributed by atoms with Crippen molar-refractivity contribution >= 4 is 23.9 Å². The first kappa shape index (κ1) is 72.7. The number of carboxylic acid groups (broad SMARTS) is 1. The molecule has 12 nitrogen and oxygen atoms in total. The van der Waals surface area contributed by atoms with E-state index in [0.29, 0.717) is 25.7 Å². The summed E-state index contributed by atoms with van der Waals surface area (Å²) >= 11 is 0. The van der Waals surface area contributed by atoms with Crippen molar-refractivity contribution < 1.29 is 58.2 Å². The van der Waals surface area contributed by atoms with E-state index >= 15 is 0 Å². The molecule has 0 aromatic heterocycles. The quantitative estimate of drug-likeness (QED) is 0.0228. The van der Waals surface area contributed by atoms with Crippen LogP contribution in [0.15, 0.2) is 97.2 Å². The van der Waals surface area contributed by atoms with Crippen molar-refractivity contribution in [3.63, 3.8) is 0 Å². The molecule has 0 bridgehead atoms. The highest BCUT2D eigenvalue weighted by molar-refractivity contribution is 5.74. The Hall–Kier alpha value is -4.36. The van der Waals surface area contributed by atoms with Crippen LogP contribution in [0.25, 0.3) is 0 Å². The maximum absolute atomic E-state index is 13.1. The number of rotatable bonds is 52. The summed E-state index contributed by atoms with van der Waals surface area (Å²) in [4.78, 5) is 51.2. The second kappa shape index (κ2) is 54.2. The minimum Gasteiger partial charge on any atom is -0.479 e. The van der Waals surface area contributed by atoms with E-state index in [1.165, 1.54) is 83.5 Å². The molecule has 0 amide bonds. The molecule has 12 heteroatoms. The zero-order valence-corrected chi connectivity index (χ0v) is 49.6. The standard InChI is InChI=1S/C67H110O12/c1-4-7-10-13-16-19-22-25-27-29-30-32-33-36-38-41-44-47-50-53-59(68)75-56-58(77-60(69)54-51-48-45-42-39-35-24-21-18-15-12-9-6-3)57-76-67-65(63(72)62(71)64(79-67)66(73)74)78-61(70)55-52-49-46-43-40-37-34-31-28-26-23-20-17-14-11-8-5-2/h8-9,11-12,17-18,20-21,25-28,35,39,45,48,58,62-65,67,71-72H,4-7,10,13-16,19,22-24,29-34,36-38,40-44,46-47,49-57H2,1-3H3,(H,73,74)/b11-8-,12-9-,20-17-,21-18-,27-25-,28-26-,39-35-,48-45-. The lowest BCUT2D eigenvalue weighted by Gasteiger charge is -2.40. The molecule has 1 aliphatic rings. The summed E-state index contributed by atoms with van der Waals surface area (Å²) < 4.78 is 28.4. The van der Waals surface area contributed by atoms with Crippen LogP contribution in [0.1, 0.15) is 252 Å². The van der Waals surface area contributed by atoms with Crippen LogP contribution in [-0.2, 0) is 42.9 Å². The van der Waals surface area contributed by atoms with Gasteiger partial charge in [-0.3, -0.25) is 14.4 Å². The van der Waals surface area contributed by atoms with Gasteiger partial charge in [0.05, 0.1) is 6.61 Å². The molecule has 79 heavy (non-hydrogen) atoms. The summed E-state index contributed by atoms with van der Waals surface area (Å²) in [5, 5.41) is 31.5. The topological polar surface area (TPSA) is 175 Å². The fraction of sp³-hybridized carbons (Fsp3) is 0.701. The van der Waals surface area contributed by atoms with Gasteiger partial charge in [0.15, 0.2) is 24.6 Å². The number of hydrogen-bond acceptors (Lipinski definition) is 11. The van der Waals surface area contributed by atoms with Gasteiger partial charge in [-0.15, -0.1) is 0 Å². The van der Waals surface area contributed by atoms with Crippen LogP contribution in [0, 0.1) is 0 Å². The predicted octanol–water partition coefficient (Wildman–Crippen LogP) is 16.5. The van der Waals surface area contributed by atoms with Crippen LogP contribution >= 0.6 is 0 Å². The maximum atomic E-state index is 13.1. The average Bonchev–Trinajstić information content (AvgIpc) is 3.44. The number of hydrogen-bond donors (Lipinski definition) is 3. The fourth-order valence-electron chi connectivity index (χ4n) is 8.92. The summed E-state index contributed by atoms with van der Waals surface area (Å²) in [5.74, 6) is -3.25. The third-order valence-corrected chi connectivity index (χ3v) is 13.6. The third-order valence-electron chi connectivity index (χ3n) is 13.6. The molecule has 0 saturated carbocycles. The minimum absolute atomic E-state index is 0.0370. The Morgan fingerprint density at radius 2 is 0.823 bits per heavy atom. The highest BCUT2D eigenvalue weighted by atomic mass is 16.7. The molecule has 0 aromatic carbocycles. The van der Waals surface area contributed by atoms with Gasteiger partial charge in [0.2, 0.25) is 0 Å². The van der Waals surface area contributed by atoms with Gasteiger partial charge in [-0.25, -0.2) is 4.79 Å². The minimum atomic E-state index is -1.92. The second-order valence-corrected chi connectivity index (χ2v) is 20.9. The molecule has 6 atom stereocenters. The van der Waals surface area contributed by atoms with Gasteiger partial charge in [0.25, 0.3) is 0 Å². The predicted molar refractivity (Wildman–Crippen MR) is 321 cm³/mol. The number of ether oxygens (including phenoxy) is 5. The molecule has 1 saturated heterocycles. The lowest BCUT2D eigenvalue weighted by atomic mass is 9.98. The largest absolute Gasteiger partial charge is 0.479 e. The van der Waals surface area contributed by atoms with Crippen LogP contribution < -0.4 is 0 Å². The molecule has 1 heterocycles. The van der Waals surface area contributed by atoms with E-state index in [1.807, 2.05) is 12.2 Å². The lowest BCUT2D eigenvalue weighted by molar-refractivity contribution is -0.301. The Bertz CT molecular complexity index is 1740. The monoisotopic (exact) mass is 1110 g/mol. The van der Waals surface area contributed by atoms with Crippen molar-refractivity contribution in [3.8, 4) is 0 Å². The molecule has 0 aromatic rings. The van der Waals surface area contributed by atoms with Crippen LogP contribution in [0.4, 0.5) is 0 Å². The number of aliphatic carboxylic acids is 1. The molecule has 1 aliphatic heterocycles. The van der Waals surface area contributed by atoms with E-state index in [0.717, 1.165) is 103 Å². The molecular weight excluding hydrogens is 997 g/mol. The van der Waals surface area contributed by atoms with Crippen molar-refractivity contribution in [1.82, 2.24) is 0 Å². The zero-order valence-electron chi connectivity index (χ0n) is 49.6. The van der Waals surface area contributed by atoms with Crippen molar-refractivity contribution in [2.75, 3.05) is 13.2 Å². The maximum Gasteiger partial charge on any atom is 0.335 e. The third kappa shape index (κ3) is 44.0. The number of aliphatic hydroxyl groups excluding tert-OH is 2. The lowest BCUT2D eigenvalue weighted by Crippen LogP contribution is -2.61. The molecule has 450 valence electrons. The first-order chi connectivity index (χ1) is 38.6. The number of esters is 3. The molecule has 1 fully saturated rings. The van der Waals surface area contributed by atoms with Gasteiger partial charge >= 0.3 is 23.9 Å². The summed E-state index contributed by atoms with van der Waals surface area (Å²) in [7, 11) is 0. The van der Waals surface area contributed by atoms with Crippen LogP contribution in [-0.4, -0.2) is 89.2 Å². The number of aliphatic hydroxyl groups is 2. The molecule has 0 radical (unpaired) electrons. The Labute approximate surface area is 479 Å². The van der Waals surface area contributed by atoms with Crippen molar-refractivity contribution in [2.24, 2.45) is 0 Å². The Balaban J connectivity index is 2.68. The molecule has 0 aliphatic carbocycles. The SMILES string of the molecule is CC/C=C\C/C=C\C/C=C\C/C=C\CCC(=O)OC(COC(=O)CCCCCCCCCCC/C=C\CCCCCCCC)COC1OC(C(=O)O)C(O)C(O)C1OC(=O)CCCCCCCCC/C=C\C/C=C\C/C=C\CC. The summed E-state index contributed by atoms with van der Waals surface area (Å²) in [5.41, 5.74) is 0. The fourth-order valence-corrected chi connectivity index (χ4v) is 8.92. The molecule has 0 spiro atoms. The molecular formula is C67H110O12. The highest BCUT2D eigenvalue weighted by Gasteiger charge is 2.50. The van der Waals surface area contributed by atoms with Crippen molar-refractivity contribution in [3.05, 3.63) is 97.2 Å². The number of carbonyl (C=O) groups is 4. The van der Waals surface area contributed by atoms with E-state index < -0.39 is 67.3 Å². The Morgan fingerprint density at radius 3 is 1.28 bits per heavy atom. The first-order valence-electron chi connectivity index (χ1n) is 31.2. The zero-order chi connectivity index (χ0) is 57.5. The van der Waals surface area contributed by atoms with Gasteiger partial charge in [-0.2, -0.15) is 0 Å². The first-order valence-corrected chi connectivity index (χ1v) is 31.2. The normalized spacial score (nSPS) is 18.5. The van der Waals surface area contributed by atoms with Gasteiger partial charge < -0.3 is 39.0 Å². The van der Waals surface area contributed by atoms with E-state index in [2.05, 4.69) is 106 Å². The molecule has 1 rings (SSSR count). The van der Waals surface area contributed by atoms with Crippen LogP contribution in [0.3, 0.4) is 0 Å².